The zero-order valence-corrected chi connectivity index (χ0v) is 15.1. The molecule has 0 radical (unpaired) electrons. The fraction of sp³-hybridized carbons (Fsp3) is 0.824. The van der Waals surface area contributed by atoms with Gasteiger partial charge in [-0.15, -0.1) is 11.3 Å². The van der Waals surface area contributed by atoms with E-state index in [-0.39, 0.29) is 0 Å². The van der Waals surface area contributed by atoms with Crippen molar-refractivity contribution in [2.75, 3.05) is 18.5 Å². The van der Waals surface area contributed by atoms with Crippen molar-refractivity contribution in [2.24, 2.45) is 5.92 Å². The van der Waals surface area contributed by atoms with Gasteiger partial charge in [-0.1, -0.05) is 34.1 Å². The molecule has 0 aliphatic heterocycles. The molecule has 1 saturated carbocycles. The number of hydrogen-bond donors (Lipinski definition) is 1. The maximum Gasteiger partial charge on any atom is 0.185 e. The summed E-state index contributed by atoms with van der Waals surface area (Å²) in [5.41, 5.74) is 1.32. The highest BCUT2D eigenvalue weighted by Gasteiger charge is 2.23. The Hall–Kier alpha value is -0.610. The first-order chi connectivity index (χ1) is 10.0. The van der Waals surface area contributed by atoms with Crippen molar-refractivity contribution in [3.05, 3.63) is 10.6 Å². The summed E-state index contributed by atoms with van der Waals surface area (Å²) in [7, 11) is 2.18. The Morgan fingerprint density at radius 3 is 2.57 bits per heavy atom. The minimum absolute atomic E-state index is 0.558. The second kappa shape index (κ2) is 7.59. The Labute approximate surface area is 134 Å². The first-order valence-corrected chi connectivity index (χ1v) is 9.30. The van der Waals surface area contributed by atoms with Crippen molar-refractivity contribution in [1.82, 2.24) is 10.3 Å². The molecule has 21 heavy (non-hydrogen) atoms. The van der Waals surface area contributed by atoms with Crippen LogP contribution in [0.3, 0.4) is 0 Å². The number of rotatable bonds is 9. The summed E-state index contributed by atoms with van der Waals surface area (Å²) in [5.74, 6) is 1.28. The first-order valence-electron chi connectivity index (χ1n) is 8.49. The van der Waals surface area contributed by atoms with Crippen LogP contribution >= 0.6 is 11.3 Å². The maximum atomic E-state index is 4.97. The molecule has 0 aromatic carbocycles. The number of anilines is 1. The first kappa shape index (κ1) is 16.8. The average Bonchev–Trinajstić information content (AvgIpc) is 3.21. The molecular formula is C17H31N3S. The van der Waals surface area contributed by atoms with E-state index >= 15 is 0 Å². The van der Waals surface area contributed by atoms with Gasteiger partial charge in [0.1, 0.15) is 0 Å². The monoisotopic (exact) mass is 309 g/mol. The molecule has 2 rings (SSSR count). The van der Waals surface area contributed by atoms with Crippen LogP contribution in [0.5, 0.6) is 0 Å². The van der Waals surface area contributed by atoms with Crippen LogP contribution in [0.4, 0.5) is 5.13 Å². The lowest BCUT2D eigenvalue weighted by molar-refractivity contribution is 0.559. The molecule has 0 amide bonds. The number of nitrogens with zero attached hydrogens (tertiary/aromatic N) is 2. The van der Waals surface area contributed by atoms with E-state index in [1.165, 1.54) is 35.0 Å². The van der Waals surface area contributed by atoms with E-state index in [2.05, 4.69) is 45.0 Å². The molecule has 120 valence electrons. The largest absolute Gasteiger partial charge is 0.351 e. The molecule has 2 unspecified atom stereocenters. The third-order valence-corrected chi connectivity index (χ3v) is 5.72. The number of hydrogen-bond acceptors (Lipinski definition) is 4. The Bertz CT molecular complexity index is 439. The molecule has 1 aliphatic rings. The molecule has 1 aromatic rings. The fourth-order valence-corrected chi connectivity index (χ4v) is 3.52. The van der Waals surface area contributed by atoms with Gasteiger partial charge in [0.25, 0.3) is 0 Å². The summed E-state index contributed by atoms with van der Waals surface area (Å²) < 4.78 is 0. The van der Waals surface area contributed by atoms with Crippen LogP contribution in [0.25, 0.3) is 0 Å². The summed E-state index contributed by atoms with van der Waals surface area (Å²) in [6.07, 6.45) is 5.08. The van der Waals surface area contributed by atoms with Crippen LogP contribution in [0.1, 0.15) is 69.9 Å². The Balaban J connectivity index is 2.09. The summed E-state index contributed by atoms with van der Waals surface area (Å²) in [6.45, 7) is 11.2. The smallest absolute Gasteiger partial charge is 0.185 e. The maximum absolute atomic E-state index is 4.97. The van der Waals surface area contributed by atoms with Crippen molar-refractivity contribution in [2.45, 2.75) is 71.9 Å². The van der Waals surface area contributed by atoms with Crippen LogP contribution in [-0.2, 0) is 6.54 Å². The second-order valence-electron chi connectivity index (χ2n) is 6.66. The van der Waals surface area contributed by atoms with Gasteiger partial charge in [-0.2, -0.15) is 0 Å². The van der Waals surface area contributed by atoms with Crippen LogP contribution in [0.15, 0.2) is 0 Å². The van der Waals surface area contributed by atoms with E-state index in [1.54, 1.807) is 0 Å². The van der Waals surface area contributed by atoms with Gasteiger partial charge < -0.3 is 10.2 Å². The number of thiazole rings is 1. The lowest BCUT2D eigenvalue weighted by atomic mass is 10.0. The zero-order chi connectivity index (χ0) is 15.4. The molecule has 3 nitrogen and oxygen atoms in total. The Morgan fingerprint density at radius 2 is 2.00 bits per heavy atom. The van der Waals surface area contributed by atoms with Gasteiger partial charge in [-0.3, -0.25) is 0 Å². The van der Waals surface area contributed by atoms with Crippen LogP contribution in [0, 0.1) is 5.92 Å². The van der Waals surface area contributed by atoms with E-state index in [0.29, 0.717) is 5.92 Å². The van der Waals surface area contributed by atoms with Gasteiger partial charge in [0.15, 0.2) is 5.13 Å². The van der Waals surface area contributed by atoms with Crippen molar-refractivity contribution in [1.29, 1.82) is 0 Å². The molecule has 0 bridgehead atoms. The minimum Gasteiger partial charge on any atom is -0.351 e. The van der Waals surface area contributed by atoms with Crippen LogP contribution < -0.4 is 10.2 Å². The predicted molar refractivity (Wildman–Crippen MR) is 93.4 cm³/mol. The third kappa shape index (κ3) is 4.68. The molecule has 1 fully saturated rings. The topological polar surface area (TPSA) is 28.2 Å². The van der Waals surface area contributed by atoms with Gasteiger partial charge in [-0.05, 0) is 31.1 Å². The third-order valence-electron chi connectivity index (χ3n) is 4.53. The molecule has 2 atom stereocenters. The zero-order valence-electron chi connectivity index (χ0n) is 14.3. The van der Waals surface area contributed by atoms with Gasteiger partial charge in [0, 0.05) is 31.1 Å². The summed E-state index contributed by atoms with van der Waals surface area (Å²) in [5, 5.41) is 4.84. The van der Waals surface area contributed by atoms with E-state index in [1.807, 2.05) is 11.3 Å². The Morgan fingerprint density at radius 1 is 1.29 bits per heavy atom. The van der Waals surface area contributed by atoms with Crippen molar-refractivity contribution in [3.63, 3.8) is 0 Å². The molecule has 1 aliphatic carbocycles. The summed E-state index contributed by atoms with van der Waals surface area (Å²) in [6, 6.07) is 0.762. The SMILES string of the molecule is CCC(C)CN(C)c1nc(C(C)CC)c(CNC2CC2)s1. The lowest BCUT2D eigenvalue weighted by Crippen LogP contribution is -2.23. The minimum atomic E-state index is 0.558. The van der Waals surface area contributed by atoms with Crippen LogP contribution in [0.2, 0.25) is 0 Å². The molecule has 1 heterocycles. The molecule has 4 heteroatoms. The second-order valence-corrected chi connectivity index (χ2v) is 7.73. The van der Waals surface area contributed by atoms with Crippen LogP contribution in [-0.4, -0.2) is 24.6 Å². The average molecular weight is 310 g/mol. The predicted octanol–water partition coefficient (Wildman–Crippen LogP) is 4.39. The summed E-state index contributed by atoms with van der Waals surface area (Å²) >= 11 is 1.89. The fourth-order valence-electron chi connectivity index (χ4n) is 2.42. The molecule has 0 saturated heterocycles. The Kier molecular flexibility index (Phi) is 6.06. The van der Waals surface area contributed by atoms with Gasteiger partial charge in [0.2, 0.25) is 0 Å². The van der Waals surface area contributed by atoms with Gasteiger partial charge >= 0.3 is 0 Å². The molecule has 1 aromatic heterocycles. The van der Waals surface area contributed by atoms with Crippen molar-refractivity contribution >= 4 is 16.5 Å². The molecule has 0 spiro atoms. The van der Waals surface area contributed by atoms with E-state index in [0.717, 1.165) is 31.5 Å². The standard InChI is InChI=1S/C17H31N3S/c1-6-12(3)11-20(5)17-19-16(13(4)7-2)15(21-17)10-18-14-8-9-14/h12-14,18H,6-11H2,1-5H3. The normalized spacial score (nSPS) is 17.8. The van der Waals surface area contributed by atoms with Gasteiger partial charge in [0.05, 0.1) is 5.69 Å². The van der Waals surface area contributed by atoms with E-state index in [9.17, 15) is 0 Å². The summed E-state index contributed by atoms with van der Waals surface area (Å²) in [4.78, 5) is 8.76. The lowest BCUT2D eigenvalue weighted by Gasteiger charge is -2.19. The van der Waals surface area contributed by atoms with E-state index < -0.39 is 0 Å². The van der Waals surface area contributed by atoms with Crippen molar-refractivity contribution < 1.29 is 0 Å². The highest BCUT2D eigenvalue weighted by atomic mass is 32.1. The highest BCUT2D eigenvalue weighted by Crippen LogP contribution is 2.33. The number of aromatic nitrogens is 1. The van der Waals surface area contributed by atoms with E-state index in [4.69, 9.17) is 4.98 Å². The highest BCUT2D eigenvalue weighted by molar-refractivity contribution is 7.15. The quantitative estimate of drug-likeness (QED) is 0.733. The molecular weight excluding hydrogens is 278 g/mol. The van der Waals surface area contributed by atoms with Crippen molar-refractivity contribution in [3.8, 4) is 0 Å². The number of nitrogens with one attached hydrogen (secondary N) is 1. The van der Waals surface area contributed by atoms with Gasteiger partial charge in [-0.25, -0.2) is 4.98 Å². The molecule has 1 N–H and O–H groups in total.